The van der Waals surface area contributed by atoms with Gasteiger partial charge in [-0.05, 0) is 40.1 Å². The Bertz CT molecular complexity index is 987. The first-order valence-electron chi connectivity index (χ1n) is 8.29. The Labute approximate surface area is 159 Å². The van der Waals surface area contributed by atoms with E-state index in [-0.39, 0.29) is 12.5 Å². The summed E-state index contributed by atoms with van der Waals surface area (Å²) in [6, 6.07) is 21.7. The van der Waals surface area contributed by atoms with Crippen LogP contribution in [0.3, 0.4) is 0 Å². The van der Waals surface area contributed by atoms with E-state index in [1.165, 1.54) is 16.2 Å². The number of hydrogen-bond acceptors (Lipinski definition) is 4. The predicted molar refractivity (Wildman–Crippen MR) is 109 cm³/mol. The van der Waals surface area contributed by atoms with Crippen LogP contribution in [-0.4, -0.2) is 17.6 Å². The molecule has 1 amide bonds. The molecule has 0 bridgehead atoms. The summed E-state index contributed by atoms with van der Waals surface area (Å²) in [5, 5.41) is 16.3. The largest absolute Gasteiger partial charge is 0.387 e. The van der Waals surface area contributed by atoms with Gasteiger partial charge < -0.3 is 10.4 Å². The highest BCUT2D eigenvalue weighted by atomic mass is 32.1. The second-order valence-corrected chi connectivity index (χ2v) is 8.01. The third-order valence-electron chi connectivity index (χ3n) is 4.21. The predicted octanol–water partition coefficient (Wildman–Crippen LogP) is 5.09. The summed E-state index contributed by atoms with van der Waals surface area (Å²) in [5.41, 5.74) is 1.92. The van der Waals surface area contributed by atoms with Gasteiger partial charge in [0.15, 0.2) is 0 Å². The van der Waals surface area contributed by atoms with E-state index in [1.807, 2.05) is 66.0 Å². The van der Waals surface area contributed by atoms with Crippen molar-refractivity contribution in [3.8, 4) is 10.4 Å². The van der Waals surface area contributed by atoms with Gasteiger partial charge in [0.05, 0.1) is 11.0 Å². The van der Waals surface area contributed by atoms with Gasteiger partial charge in [-0.1, -0.05) is 48.5 Å². The molecule has 1 atom stereocenters. The van der Waals surface area contributed by atoms with Gasteiger partial charge in [-0.15, -0.1) is 22.7 Å². The molecule has 0 radical (unpaired) electrons. The lowest BCUT2D eigenvalue weighted by Crippen LogP contribution is -2.27. The van der Waals surface area contributed by atoms with Crippen molar-refractivity contribution in [3.05, 3.63) is 82.6 Å². The molecule has 4 aromatic rings. The Morgan fingerprint density at radius 1 is 1.04 bits per heavy atom. The number of benzene rings is 2. The van der Waals surface area contributed by atoms with Gasteiger partial charge in [0.1, 0.15) is 0 Å². The summed E-state index contributed by atoms with van der Waals surface area (Å²) in [7, 11) is 0. The topological polar surface area (TPSA) is 49.3 Å². The molecule has 2 N–H and O–H groups in total. The second kappa shape index (κ2) is 7.41. The molecule has 2 heterocycles. The third-order valence-corrected chi connectivity index (χ3v) is 6.24. The van der Waals surface area contributed by atoms with Crippen molar-refractivity contribution in [2.75, 3.05) is 6.54 Å². The van der Waals surface area contributed by atoms with Crippen LogP contribution in [-0.2, 0) is 0 Å². The average Bonchev–Trinajstić information content (AvgIpc) is 3.35. The summed E-state index contributed by atoms with van der Waals surface area (Å²) in [6.45, 7) is 0.186. The third kappa shape index (κ3) is 3.55. The maximum Gasteiger partial charge on any atom is 0.261 e. The first kappa shape index (κ1) is 17.0. The fourth-order valence-electron chi connectivity index (χ4n) is 2.80. The normalized spacial score (nSPS) is 12.2. The molecule has 0 aliphatic heterocycles. The van der Waals surface area contributed by atoms with Gasteiger partial charge in [-0.3, -0.25) is 4.79 Å². The Morgan fingerprint density at radius 2 is 1.85 bits per heavy atom. The van der Waals surface area contributed by atoms with Crippen LogP contribution in [0, 0.1) is 0 Å². The quantitative estimate of drug-likeness (QED) is 0.507. The molecule has 4 rings (SSSR count). The van der Waals surface area contributed by atoms with Gasteiger partial charge in [0.25, 0.3) is 5.91 Å². The number of carbonyl (C=O) groups excluding carboxylic acids is 1. The number of aliphatic hydroxyl groups is 1. The highest BCUT2D eigenvalue weighted by Crippen LogP contribution is 2.27. The number of carbonyl (C=O) groups is 1. The minimum Gasteiger partial charge on any atom is -0.387 e. The lowest BCUT2D eigenvalue weighted by molar-refractivity contribution is 0.0920. The van der Waals surface area contributed by atoms with Crippen molar-refractivity contribution < 1.29 is 9.90 Å². The summed E-state index contributed by atoms with van der Waals surface area (Å²) < 4.78 is 1.09. The Kier molecular flexibility index (Phi) is 4.84. The molecule has 26 heavy (non-hydrogen) atoms. The number of amides is 1. The Balaban J connectivity index is 1.40. The molecule has 3 nitrogen and oxygen atoms in total. The number of thiophene rings is 2. The van der Waals surface area contributed by atoms with Crippen molar-refractivity contribution in [1.29, 1.82) is 0 Å². The van der Waals surface area contributed by atoms with E-state index in [9.17, 15) is 9.90 Å². The number of fused-ring (bicyclic) bond motifs is 1. The van der Waals surface area contributed by atoms with Crippen LogP contribution in [0.2, 0.25) is 0 Å². The van der Waals surface area contributed by atoms with Crippen molar-refractivity contribution in [2.45, 2.75) is 6.10 Å². The summed E-state index contributed by atoms with van der Waals surface area (Å²) in [6.07, 6.45) is -0.731. The van der Waals surface area contributed by atoms with Gasteiger partial charge >= 0.3 is 0 Å². The smallest absolute Gasteiger partial charge is 0.261 e. The molecule has 1 unspecified atom stereocenters. The van der Waals surface area contributed by atoms with Crippen molar-refractivity contribution in [3.63, 3.8) is 0 Å². The number of hydrogen-bond donors (Lipinski definition) is 2. The summed E-state index contributed by atoms with van der Waals surface area (Å²) in [5.74, 6) is -0.152. The SMILES string of the molecule is O=C(NCC(O)c1ccc(-c2cccs2)cc1)c1cc2ccccc2s1. The van der Waals surface area contributed by atoms with E-state index in [0.29, 0.717) is 4.88 Å². The number of aliphatic hydroxyl groups excluding tert-OH is 1. The van der Waals surface area contributed by atoms with Crippen LogP contribution in [0.4, 0.5) is 0 Å². The Morgan fingerprint density at radius 3 is 2.58 bits per heavy atom. The van der Waals surface area contributed by atoms with Crippen LogP contribution in [0.1, 0.15) is 21.3 Å². The minimum atomic E-state index is -0.731. The fraction of sp³-hybridized carbons (Fsp3) is 0.0952. The van der Waals surface area contributed by atoms with Gasteiger partial charge in [-0.25, -0.2) is 0 Å². The number of nitrogens with one attached hydrogen (secondary N) is 1. The average molecular weight is 380 g/mol. The highest BCUT2D eigenvalue weighted by molar-refractivity contribution is 7.20. The van der Waals surface area contributed by atoms with Crippen LogP contribution in [0.25, 0.3) is 20.5 Å². The molecule has 5 heteroatoms. The van der Waals surface area contributed by atoms with Crippen LogP contribution in [0.5, 0.6) is 0 Å². The van der Waals surface area contributed by atoms with E-state index < -0.39 is 6.10 Å². The fourth-order valence-corrected chi connectivity index (χ4v) is 4.51. The summed E-state index contributed by atoms with van der Waals surface area (Å²) >= 11 is 3.15. The van der Waals surface area contributed by atoms with E-state index in [1.54, 1.807) is 11.3 Å². The van der Waals surface area contributed by atoms with E-state index in [0.717, 1.165) is 21.2 Å². The summed E-state index contributed by atoms with van der Waals surface area (Å²) in [4.78, 5) is 14.2. The molecule has 0 saturated heterocycles. The molecule has 0 saturated carbocycles. The van der Waals surface area contributed by atoms with Gasteiger partial charge in [0.2, 0.25) is 0 Å². The van der Waals surface area contributed by atoms with E-state index in [2.05, 4.69) is 11.4 Å². The monoisotopic (exact) mass is 379 g/mol. The standard InChI is InChI=1S/C21H17NO2S2/c23-17(14-7-9-15(10-8-14)18-6-3-11-25-18)13-22-21(24)20-12-16-4-1-2-5-19(16)26-20/h1-12,17,23H,13H2,(H,22,24). The van der Waals surface area contributed by atoms with E-state index >= 15 is 0 Å². The zero-order valence-corrected chi connectivity index (χ0v) is 15.5. The second-order valence-electron chi connectivity index (χ2n) is 5.97. The molecule has 0 fully saturated rings. The van der Waals surface area contributed by atoms with Crippen molar-refractivity contribution >= 4 is 38.7 Å². The molecule has 2 aromatic carbocycles. The minimum absolute atomic E-state index is 0.152. The van der Waals surface area contributed by atoms with Gasteiger partial charge in [0, 0.05) is 16.1 Å². The lowest BCUT2D eigenvalue weighted by atomic mass is 10.1. The Hall–Kier alpha value is -2.47. The van der Waals surface area contributed by atoms with Crippen LogP contribution >= 0.6 is 22.7 Å². The first-order valence-corrected chi connectivity index (χ1v) is 9.99. The maximum absolute atomic E-state index is 12.3. The number of rotatable bonds is 5. The van der Waals surface area contributed by atoms with E-state index in [4.69, 9.17) is 0 Å². The molecule has 0 aliphatic rings. The lowest BCUT2D eigenvalue weighted by Gasteiger charge is -2.12. The molecule has 2 aromatic heterocycles. The van der Waals surface area contributed by atoms with Crippen LogP contribution < -0.4 is 5.32 Å². The molecular weight excluding hydrogens is 362 g/mol. The molecule has 0 spiro atoms. The molecule has 130 valence electrons. The first-order chi connectivity index (χ1) is 12.7. The zero-order chi connectivity index (χ0) is 17.9. The van der Waals surface area contributed by atoms with Crippen molar-refractivity contribution in [2.24, 2.45) is 0 Å². The van der Waals surface area contributed by atoms with Crippen LogP contribution in [0.15, 0.2) is 72.1 Å². The molecule has 0 aliphatic carbocycles. The molecular formula is C21H17NO2S2. The zero-order valence-electron chi connectivity index (χ0n) is 13.9. The van der Waals surface area contributed by atoms with Crippen molar-refractivity contribution in [1.82, 2.24) is 5.32 Å². The van der Waals surface area contributed by atoms with Gasteiger partial charge in [-0.2, -0.15) is 0 Å². The maximum atomic E-state index is 12.3. The highest BCUT2D eigenvalue weighted by Gasteiger charge is 2.13.